The first-order valence-corrected chi connectivity index (χ1v) is 7.14. The lowest BCUT2D eigenvalue weighted by atomic mass is 9.47. The Bertz CT molecular complexity index is 529. The summed E-state index contributed by atoms with van der Waals surface area (Å²) in [7, 11) is 1.80. The van der Waals surface area contributed by atoms with Gasteiger partial charge in [0.2, 0.25) is 5.91 Å². The molecule has 1 aliphatic carbocycles. The van der Waals surface area contributed by atoms with Gasteiger partial charge in [0, 0.05) is 30.7 Å². The molecule has 1 aromatic rings. The number of fused-ring (bicyclic) bond motifs is 1. The molecule has 4 heteroatoms. The van der Waals surface area contributed by atoms with E-state index in [0.29, 0.717) is 6.61 Å². The Morgan fingerprint density at radius 3 is 2.65 bits per heavy atom. The first kappa shape index (κ1) is 13.6. The molecule has 1 aromatic carbocycles. The maximum Gasteiger partial charge on any atom is 0.247 e. The average Bonchev–Trinajstić information content (AvgIpc) is 2.94. The van der Waals surface area contributed by atoms with Crippen molar-refractivity contribution in [1.82, 2.24) is 0 Å². The summed E-state index contributed by atoms with van der Waals surface area (Å²) in [6.45, 7) is 4.78. The summed E-state index contributed by atoms with van der Waals surface area (Å²) >= 11 is 0. The van der Waals surface area contributed by atoms with Crippen molar-refractivity contribution in [3.63, 3.8) is 0 Å². The van der Waals surface area contributed by atoms with Gasteiger partial charge >= 0.3 is 0 Å². The van der Waals surface area contributed by atoms with E-state index in [1.54, 1.807) is 11.9 Å². The van der Waals surface area contributed by atoms with Gasteiger partial charge in [-0.3, -0.25) is 4.79 Å². The van der Waals surface area contributed by atoms with E-state index in [9.17, 15) is 4.79 Å². The molecule has 2 fully saturated rings. The van der Waals surface area contributed by atoms with Crippen LogP contribution in [-0.2, 0) is 9.53 Å². The molecule has 1 saturated carbocycles. The fraction of sp³-hybridized carbons (Fsp3) is 0.562. The average molecular weight is 274 g/mol. The number of para-hydroxylation sites is 1. The maximum absolute atomic E-state index is 13.0. The Morgan fingerprint density at radius 1 is 1.35 bits per heavy atom. The van der Waals surface area contributed by atoms with Gasteiger partial charge in [-0.05, 0) is 18.6 Å². The molecular formula is C16H22N2O2. The number of carbonyl (C=O) groups is 1. The number of anilines is 1. The summed E-state index contributed by atoms with van der Waals surface area (Å²) in [6, 6.07) is 9.64. The van der Waals surface area contributed by atoms with Gasteiger partial charge in [-0.25, -0.2) is 0 Å². The predicted octanol–water partition coefficient (Wildman–Crippen LogP) is 1.79. The summed E-state index contributed by atoms with van der Waals surface area (Å²) in [6.07, 6.45) is 0.986. The van der Waals surface area contributed by atoms with E-state index >= 15 is 0 Å². The predicted molar refractivity (Wildman–Crippen MR) is 78.4 cm³/mol. The van der Waals surface area contributed by atoms with Crippen molar-refractivity contribution in [3.05, 3.63) is 30.3 Å². The molecule has 108 valence electrons. The summed E-state index contributed by atoms with van der Waals surface area (Å²) < 4.78 is 5.75. The number of benzene rings is 1. The minimum atomic E-state index is -0.835. The van der Waals surface area contributed by atoms with E-state index in [4.69, 9.17) is 10.5 Å². The van der Waals surface area contributed by atoms with E-state index < -0.39 is 5.54 Å². The largest absolute Gasteiger partial charge is 0.377 e. The van der Waals surface area contributed by atoms with Crippen LogP contribution in [0.15, 0.2) is 30.3 Å². The Kier molecular flexibility index (Phi) is 2.92. The Labute approximate surface area is 119 Å². The molecule has 3 unspecified atom stereocenters. The SMILES string of the molecule is CN(C(=O)C1(N)C2CCOC2C1(C)C)c1ccccc1. The second kappa shape index (κ2) is 4.30. The molecule has 20 heavy (non-hydrogen) atoms. The van der Waals surface area contributed by atoms with Crippen LogP contribution >= 0.6 is 0 Å². The van der Waals surface area contributed by atoms with Crippen LogP contribution in [0.2, 0.25) is 0 Å². The third-order valence-corrected chi connectivity index (χ3v) is 5.26. The van der Waals surface area contributed by atoms with Crippen LogP contribution in [0.25, 0.3) is 0 Å². The lowest BCUT2D eigenvalue weighted by molar-refractivity contribution is -0.172. The van der Waals surface area contributed by atoms with Gasteiger partial charge in [-0.1, -0.05) is 32.0 Å². The molecule has 1 heterocycles. The van der Waals surface area contributed by atoms with Crippen LogP contribution in [0.5, 0.6) is 0 Å². The van der Waals surface area contributed by atoms with Gasteiger partial charge in [0.05, 0.1) is 6.10 Å². The standard InChI is InChI=1S/C16H22N2O2/c1-15(2)13-12(9-10-20-13)16(15,17)14(19)18(3)11-7-5-4-6-8-11/h4-8,12-13H,9-10,17H2,1-3H3. The highest BCUT2D eigenvalue weighted by Gasteiger charge is 2.71. The zero-order valence-electron chi connectivity index (χ0n) is 12.3. The summed E-state index contributed by atoms with van der Waals surface area (Å²) in [4.78, 5) is 14.6. The van der Waals surface area contributed by atoms with Crippen LogP contribution in [0.4, 0.5) is 5.69 Å². The molecule has 3 atom stereocenters. The van der Waals surface area contributed by atoms with Gasteiger partial charge in [0.15, 0.2) is 0 Å². The van der Waals surface area contributed by atoms with Gasteiger partial charge in [0.25, 0.3) is 0 Å². The molecular weight excluding hydrogens is 252 g/mol. The molecule has 2 N–H and O–H groups in total. The van der Waals surface area contributed by atoms with E-state index in [0.717, 1.165) is 12.1 Å². The number of likely N-dealkylation sites (N-methyl/N-ethyl adjacent to an activating group) is 1. The van der Waals surface area contributed by atoms with Crippen LogP contribution < -0.4 is 10.6 Å². The van der Waals surface area contributed by atoms with Crippen molar-refractivity contribution in [2.24, 2.45) is 17.1 Å². The molecule has 0 bridgehead atoms. The molecule has 1 saturated heterocycles. The molecule has 1 aliphatic heterocycles. The second-order valence-corrected chi connectivity index (χ2v) is 6.48. The van der Waals surface area contributed by atoms with Gasteiger partial charge < -0.3 is 15.4 Å². The highest BCUT2D eigenvalue weighted by Crippen LogP contribution is 2.58. The third-order valence-electron chi connectivity index (χ3n) is 5.26. The Morgan fingerprint density at radius 2 is 2.00 bits per heavy atom. The Hall–Kier alpha value is -1.39. The van der Waals surface area contributed by atoms with Gasteiger partial charge in [0.1, 0.15) is 5.54 Å². The van der Waals surface area contributed by atoms with Gasteiger partial charge in [-0.15, -0.1) is 0 Å². The number of carbonyl (C=O) groups excluding carboxylic acids is 1. The second-order valence-electron chi connectivity index (χ2n) is 6.48. The van der Waals surface area contributed by atoms with Crippen LogP contribution in [-0.4, -0.2) is 31.2 Å². The topological polar surface area (TPSA) is 55.6 Å². The van der Waals surface area contributed by atoms with E-state index in [1.807, 2.05) is 44.2 Å². The minimum Gasteiger partial charge on any atom is -0.377 e. The van der Waals surface area contributed by atoms with Crippen molar-refractivity contribution in [3.8, 4) is 0 Å². The van der Waals surface area contributed by atoms with Gasteiger partial charge in [-0.2, -0.15) is 0 Å². The normalized spacial score (nSPS) is 34.2. The molecule has 0 radical (unpaired) electrons. The van der Waals surface area contributed by atoms with Crippen molar-refractivity contribution < 1.29 is 9.53 Å². The van der Waals surface area contributed by atoms with Crippen LogP contribution in [0, 0.1) is 11.3 Å². The highest BCUT2D eigenvalue weighted by molar-refractivity contribution is 6.01. The summed E-state index contributed by atoms with van der Waals surface area (Å²) in [5.41, 5.74) is 6.29. The molecule has 0 spiro atoms. The highest BCUT2D eigenvalue weighted by atomic mass is 16.5. The van der Waals surface area contributed by atoms with E-state index in [1.165, 1.54) is 0 Å². The maximum atomic E-state index is 13.0. The minimum absolute atomic E-state index is 0.0135. The van der Waals surface area contributed by atoms with Crippen molar-refractivity contribution in [2.45, 2.75) is 31.9 Å². The fourth-order valence-electron chi connectivity index (χ4n) is 3.86. The van der Waals surface area contributed by atoms with Crippen molar-refractivity contribution in [2.75, 3.05) is 18.6 Å². The quantitative estimate of drug-likeness (QED) is 0.894. The number of hydrogen-bond donors (Lipinski definition) is 1. The third kappa shape index (κ3) is 1.52. The first-order chi connectivity index (χ1) is 9.40. The Balaban J connectivity index is 1.90. The van der Waals surface area contributed by atoms with Crippen LogP contribution in [0.1, 0.15) is 20.3 Å². The fourth-order valence-corrected chi connectivity index (χ4v) is 3.86. The monoisotopic (exact) mass is 274 g/mol. The molecule has 0 aromatic heterocycles. The summed E-state index contributed by atoms with van der Waals surface area (Å²) in [5, 5.41) is 0. The zero-order valence-corrected chi connectivity index (χ0v) is 12.3. The van der Waals surface area contributed by atoms with Crippen molar-refractivity contribution >= 4 is 11.6 Å². The zero-order chi connectivity index (χ0) is 14.5. The first-order valence-electron chi connectivity index (χ1n) is 7.14. The number of hydrogen-bond acceptors (Lipinski definition) is 3. The number of nitrogens with zero attached hydrogens (tertiary/aromatic N) is 1. The van der Waals surface area contributed by atoms with Crippen LogP contribution in [0.3, 0.4) is 0 Å². The number of amides is 1. The number of ether oxygens (including phenoxy) is 1. The lowest BCUT2D eigenvalue weighted by Gasteiger charge is -2.61. The summed E-state index contributed by atoms with van der Waals surface area (Å²) in [5.74, 6) is 0.122. The molecule has 2 aliphatic rings. The number of nitrogens with two attached hydrogens (primary N) is 1. The van der Waals surface area contributed by atoms with E-state index in [-0.39, 0.29) is 23.3 Å². The smallest absolute Gasteiger partial charge is 0.247 e. The lowest BCUT2D eigenvalue weighted by Crippen LogP contribution is -2.80. The molecule has 3 rings (SSSR count). The molecule has 1 amide bonds. The van der Waals surface area contributed by atoms with Crippen molar-refractivity contribution in [1.29, 1.82) is 0 Å². The molecule has 4 nitrogen and oxygen atoms in total. The number of rotatable bonds is 2. The van der Waals surface area contributed by atoms with E-state index in [2.05, 4.69) is 0 Å².